The number of carbonyl (C=O) groups excluding carboxylic acids is 2. The fourth-order valence-electron chi connectivity index (χ4n) is 3.82. The number of aliphatic hydroxyl groups is 1. The van der Waals surface area contributed by atoms with Crippen molar-refractivity contribution < 1.29 is 14.7 Å². The molecule has 0 aliphatic carbocycles. The maximum atomic E-state index is 13.2. The summed E-state index contributed by atoms with van der Waals surface area (Å²) in [5.41, 5.74) is 3.33. The molecule has 1 unspecified atom stereocenters. The van der Waals surface area contributed by atoms with Gasteiger partial charge in [-0.1, -0.05) is 66.2 Å². The molecule has 2 N–H and O–H groups in total. The number of β-amino-alcohol motifs (C(OH)–C–C–N with tert-alkyl or cyclic N) is 1. The summed E-state index contributed by atoms with van der Waals surface area (Å²) in [6.07, 6.45) is -0.510. The van der Waals surface area contributed by atoms with E-state index >= 15 is 0 Å². The molecule has 0 spiro atoms. The fraction of sp³-hybridized carbons (Fsp3) is 0.200. The van der Waals surface area contributed by atoms with Crippen LogP contribution in [0.2, 0.25) is 5.02 Å². The highest BCUT2D eigenvalue weighted by atomic mass is 35.5. The summed E-state index contributed by atoms with van der Waals surface area (Å²) in [6, 6.07) is 23.6. The molecule has 1 aliphatic rings. The smallest absolute Gasteiger partial charge is 0.254 e. The van der Waals surface area contributed by atoms with Gasteiger partial charge >= 0.3 is 0 Å². The van der Waals surface area contributed by atoms with Gasteiger partial charge in [0.05, 0.1) is 6.10 Å². The first-order valence-corrected chi connectivity index (χ1v) is 10.6. The van der Waals surface area contributed by atoms with E-state index in [1.807, 2.05) is 60.7 Å². The van der Waals surface area contributed by atoms with E-state index in [0.717, 1.165) is 16.7 Å². The van der Waals surface area contributed by atoms with Crippen molar-refractivity contribution in [3.05, 3.63) is 95.0 Å². The van der Waals surface area contributed by atoms with Crippen LogP contribution in [-0.4, -0.2) is 40.5 Å². The first kappa shape index (κ1) is 21.1. The van der Waals surface area contributed by atoms with Gasteiger partial charge in [-0.25, -0.2) is 0 Å². The van der Waals surface area contributed by atoms with Gasteiger partial charge in [-0.05, 0) is 41.0 Å². The number of hydrogen-bond acceptors (Lipinski definition) is 3. The predicted molar refractivity (Wildman–Crippen MR) is 121 cm³/mol. The van der Waals surface area contributed by atoms with Crippen molar-refractivity contribution >= 4 is 23.4 Å². The van der Waals surface area contributed by atoms with Gasteiger partial charge in [0.25, 0.3) is 5.91 Å². The van der Waals surface area contributed by atoms with Crippen molar-refractivity contribution in [1.29, 1.82) is 0 Å². The normalized spacial score (nSPS) is 18.1. The Bertz CT molecular complexity index is 1070. The Labute approximate surface area is 186 Å². The average molecular weight is 435 g/mol. The SMILES string of the molecule is O=C(NCc1ccc(Cl)cc1)C1C[C@@H](O)CN1C(=O)c1cccc(-c2ccccc2)c1. The lowest BCUT2D eigenvalue weighted by molar-refractivity contribution is -0.125. The summed E-state index contributed by atoms with van der Waals surface area (Å²) < 4.78 is 0. The molecule has 158 valence electrons. The van der Waals surface area contributed by atoms with Gasteiger partial charge in [0.1, 0.15) is 6.04 Å². The monoisotopic (exact) mass is 434 g/mol. The number of benzene rings is 3. The van der Waals surface area contributed by atoms with Crippen molar-refractivity contribution in [1.82, 2.24) is 10.2 Å². The molecule has 0 bridgehead atoms. The Kier molecular flexibility index (Phi) is 6.35. The van der Waals surface area contributed by atoms with Gasteiger partial charge in [-0.3, -0.25) is 9.59 Å². The number of likely N-dealkylation sites (tertiary alicyclic amines) is 1. The zero-order valence-electron chi connectivity index (χ0n) is 16.9. The molecule has 31 heavy (non-hydrogen) atoms. The molecule has 6 heteroatoms. The third kappa shape index (κ3) is 4.95. The Balaban J connectivity index is 1.49. The highest BCUT2D eigenvalue weighted by molar-refractivity contribution is 6.30. The molecule has 1 saturated heterocycles. The van der Waals surface area contributed by atoms with Crippen LogP contribution in [0.15, 0.2) is 78.9 Å². The summed E-state index contributed by atoms with van der Waals surface area (Å²) in [5.74, 6) is -0.542. The van der Waals surface area contributed by atoms with E-state index in [9.17, 15) is 14.7 Å². The third-order valence-electron chi connectivity index (χ3n) is 5.44. The summed E-state index contributed by atoms with van der Waals surface area (Å²) in [7, 11) is 0. The molecule has 0 saturated carbocycles. The van der Waals surface area contributed by atoms with E-state index < -0.39 is 12.1 Å². The summed E-state index contributed by atoms with van der Waals surface area (Å²) in [5, 5.41) is 13.7. The van der Waals surface area contributed by atoms with Crippen LogP contribution in [0.25, 0.3) is 11.1 Å². The second-order valence-electron chi connectivity index (χ2n) is 7.65. The number of amides is 2. The van der Waals surface area contributed by atoms with Crippen molar-refractivity contribution in [2.75, 3.05) is 6.54 Å². The van der Waals surface area contributed by atoms with Crippen LogP contribution in [0, 0.1) is 0 Å². The van der Waals surface area contributed by atoms with E-state index in [-0.39, 0.29) is 24.8 Å². The van der Waals surface area contributed by atoms with Crippen LogP contribution in [0.5, 0.6) is 0 Å². The van der Waals surface area contributed by atoms with E-state index in [0.29, 0.717) is 17.1 Å². The summed E-state index contributed by atoms with van der Waals surface area (Å²) >= 11 is 5.90. The zero-order valence-corrected chi connectivity index (χ0v) is 17.6. The molecule has 5 nitrogen and oxygen atoms in total. The second kappa shape index (κ2) is 9.33. The van der Waals surface area contributed by atoms with Crippen LogP contribution < -0.4 is 5.32 Å². The van der Waals surface area contributed by atoms with Crippen molar-refractivity contribution in [3.8, 4) is 11.1 Å². The molecule has 0 aromatic heterocycles. The maximum Gasteiger partial charge on any atom is 0.254 e. The quantitative estimate of drug-likeness (QED) is 0.639. The number of rotatable bonds is 5. The zero-order chi connectivity index (χ0) is 21.8. The molecule has 0 radical (unpaired) electrons. The van der Waals surface area contributed by atoms with Gasteiger partial charge in [0.15, 0.2) is 0 Å². The fourth-order valence-corrected chi connectivity index (χ4v) is 3.95. The molecule has 1 fully saturated rings. The lowest BCUT2D eigenvalue weighted by Gasteiger charge is -2.24. The highest BCUT2D eigenvalue weighted by Crippen LogP contribution is 2.24. The molecular formula is C25H23ClN2O3. The summed E-state index contributed by atoms with van der Waals surface area (Å²) in [6.45, 7) is 0.460. The van der Waals surface area contributed by atoms with Crippen molar-refractivity contribution in [3.63, 3.8) is 0 Å². The van der Waals surface area contributed by atoms with Gasteiger partial charge in [-0.2, -0.15) is 0 Å². The number of nitrogens with zero attached hydrogens (tertiary/aromatic N) is 1. The Morgan fingerprint density at radius 3 is 2.42 bits per heavy atom. The van der Waals surface area contributed by atoms with E-state index in [4.69, 9.17) is 11.6 Å². The number of nitrogens with one attached hydrogen (secondary N) is 1. The standard InChI is InChI=1S/C25H23ClN2O3/c26-21-11-9-17(10-12-21)15-27-24(30)23-14-22(29)16-28(23)25(31)20-8-4-7-19(13-20)18-5-2-1-3-6-18/h1-13,22-23,29H,14-16H2,(H,27,30)/t22-,23?/m1/s1. The number of aliphatic hydroxyl groups excluding tert-OH is 1. The molecule has 2 atom stereocenters. The Morgan fingerprint density at radius 2 is 1.68 bits per heavy atom. The average Bonchev–Trinajstić information content (AvgIpc) is 3.20. The molecule has 2 amide bonds. The predicted octanol–water partition coefficient (Wildman–Crippen LogP) is 3.90. The minimum atomic E-state index is -0.729. The molecule has 4 rings (SSSR count). The first-order valence-electron chi connectivity index (χ1n) is 10.2. The van der Waals surface area contributed by atoms with Crippen LogP contribution >= 0.6 is 11.6 Å². The highest BCUT2D eigenvalue weighted by Gasteiger charge is 2.39. The van der Waals surface area contributed by atoms with Crippen LogP contribution in [-0.2, 0) is 11.3 Å². The number of halogens is 1. The summed E-state index contributed by atoms with van der Waals surface area (Å²) in [4.78, 5) is 27.5. The number of hydrogen-bond donors (Lipinski definition) is 2. The minimum Gasteiger partial charge on any atom is -0.391 e. The molecular weight excluding hydrogens is 412 g/mol. The molecule has 3 aromatic carbocycles. The van der Waals surface area contributed by atoms with Crippen molar-refractivity contribution in [2.45, 2.75) is 25.1 Å². The molecule has 1 heterocycles. The van der Waals surface area contributed by atoms with Crippen LogP contribution in [0.4, 0.5) is 0 Å². The minimum absolute atomic E-state index is 0.132. The number of carbonyl (C=O) groups is 2. The van der Waals surface area contributed by atoms with E-state index in [2.05, 4.69) is 5.32 Å². The van der Waals surface area contributed by atoms with E-state index in [1.54, 1.807) is 18.2 Å². The Morgan fingerprint density at radius 1 is 0.968 bits per heavy atom. The molecule has 3 aromatic rings. The van der Waals surface area contributed by atoms with Gasteiger partial charge < -0.3 is 15.3 Å². The topological polar surface area (TPSA) is 69.6 Å². The van der Waals surface area contributed by atoms with E-state index in [1.165, 1.54) is 4.90 Å². The van der Waals surface area contributed by atoms with Crippen molar-refractivity contribution in [2.24, 2.45) is 0 Å². The van der Waals surface area contributed by atoms with Gasteiger partial charge in [-0.15, -0.1) is 0 Å². The maximum absolute atomic E-state index is 13.2. The molecule has 1 aliphatic heterocycles. The van der Waals surface area contributed by atoms with Crippen LogP contribution in [0.3, 0.4) is 0 Å². The van der Waals surface area contributed by atoms with Crippen LogP contribution in [0.1, 0.15) is 22.3 Å². The second-order valence-corrected chi connectivity index (χ2v) is 8.09. The lowest BCUT2D eigenvalue weighted by atomic mass is 10.0. The Hall–Kier alpha value is -3.15. The van der Waals surface area contributed by atoms with Gasteiger partial charge in [0, 0.05) is 30.1 Å². The lowest BCUT2D eigenvalue weighted by Crippen LogP contribution is -2.45. The first-order chi connectivity index (χ1) is 15.0. The largest absolute Gasteiger partial charge is 0.391 e. The third-order valence-corrected chi connectivity index (χ3v) is 5.69. The van der Waals surface area contributed by atoms with Gasteiger partial charge in [0.2, 0.25) is 5.91 Å².